The second kappa shape index (κ2) is 9.16. The monoisotopic (exact) mass is 420 g/mol. The summed E-state index contributed by atoms with van der Waals surface area (Å²) >= 11 is 0. The lowest BCUT2D eigenvalue weighted by molar-refractivity contribution is -0.135. The van der Waals surface area contributed by atoms with E-state index >= 15 is 0 Å². The third-order valence-corrected chi connectivity index (χ3v) is 6.45. The molecular formula is C25H32N4O2. The molecule has 1 fully saturated rings. The number of fused-ring (bicyclic) bond motifs is 1. The fourth-order valence-corrected chi connectivity index (χ4v) is 4.62. The Morgan fingerprint density at radius 1 is 1.13 bits per heavy atom. The van der Waals surface area contributed by atoms with Crippen LogP contribution in [0.4, 0.5) is 5.82 Å². The number of likely N-dealkylation sites (tertiary alicyclic amines) is 1. The lowest BCUT2D eigenvalue weighted by Crippen LogP contribution is -2.40. The van der Waals surface area contributed by atoms with E-state index in [1.165, 1.54) is 5.56 Å². The molecule has 164 valence electrons. The van der Waals surface area contributed by atoms with Gasteiger partial charge in [0.25, 0.3) is 0 Å². The van der Waals surface area contributed by atoms with Crippen LogP contribution in [-0.2, 0) is 22.4 Å². The molecule has 0 aliphatic carbocycles. The van der Waals surface area contributed by atoms with E-state index < -0.39 is 0 Å². The standard InChI is InChI=1S/C25H32N4O2/c1-17(2)25(31)28-14-11-20(12-15-28)23-26-18(3)21-16-22(30)29(24(21)27-23)13-7-10-19-8-5-4-6-9-19/h4-6,8-9,17,20H,7,10-16H2,1-3H3. The van der Waals surface area contributed by atoms with Gasteiger partial charge in [0, 0.05) is 42.7 Å². The molecule has 2 aromatic rings. The van der Waals surface area contributed by atoms with E-state index in [9.17, 15) is 9.59 Å². The van der Waals surface area contributed by atoms with Gasteiger partial charge in [0.05, 0.1) is 6.42 Å². The van der Waals surface area contributed by atoms with Crippen LogP contribution in [0.5, 0.6) is 0 Å². The number of carbonyl (C=O) groups is 2. The van der Waals surface area contributed by atoms with Gasteiger partial charge >= 0.3 is 0 Å². The molecule has 0 radical (unpaired) electrons. The van der Waals surface area contributed by atoms with Crippen molar-refractivity contribution in [2.24, 2.45) is 5.92 Å². The van der Waals surface area contributed by atoms with Crippen LogP contribution in [0.3, 0.4) is 0 Å². The summed E-state index contributed by atoms with van der Waals surface area (Å²) in [6.07, 6.45) is 3.99. The fourth-order valence-electron chi connectivity index (χ4n) is 4.62. The normalized spacial score (nSPS) is 16.8. The molecule has 1 aromatic carbocycles. The number of nitrogens with zero attached hydrogens (tertiary/aromatic N) is 4. The van der Waals surface area contributed by atoms with Crippen molar-refractivity contribution in [1.29, 1.82) is 0 Å². The molecule has 0 bridgehead atoms. The molecule has 0 atom stereocenters. The van der Waals surface area contributed by atoms with Gasteiger partial charge in [-0.2, -0.15) is 0 Å². The number of rotatable bonds is 6. The van der Waals surface area contributed by atoms with Crippen molar-refractivity contribution in [3.05, 3.63) is 53.0 Å². The number of hydrogen-bond donors (Lipinski definition) is 0. The third kappa shape index (κ3) is 4.63. The Kier molecular flexibility index (Phi) is 6.35. The minimum Gasteiger partial charge on any atom is -0.342 e. The van der Waals surface area contributed by atoms with Gasteiger partial charge < -0.3 is 4.90 Å². The average Bonchev–Trinajstić information content (AvgIpc) is 3.10. The summed E-state index contributed by atoms with van der Waals surface area (Å²) in [5.41, 5.74) is 3.18. The predicted octanol–water partition coefficient (Wildman–Crippen LogP) is 3.67. The molecule has 1 aromatic heterocycles. The second-order valence-corrected chi connectivity index (χ2v) is 9.03. The highest BCUT2D eigenvalue weighted by Crippen LogP contribution is 2.33. The van der Waals surface area contributed by atoms with Crippen molar-refractivity contribution in [1.82, 2.24) is 14.9 Å². The van der Waals surface area contributed by atoms with Crippen LogP contribution in [0, 0.1) is 12.8 Å². The summed E-state index contributed by atoms with van der Waals surface area (Å²) in [4.78, 5) is 38.5. The van der Waals surface area contributed by atoms with Crippen molar-refractivity contribution >= 4 is 17.6 Å². The number of anilines is 1. The quantitative estimate of drug-likeness (QED) is 0.715. The van der Waals surface area contributed by atoms with Crippen LogP contribution < -0.4 is 4.90 Å². The third-order valence-electron chi connectivity index (χ3n) is 6.45. The highest BCUT2D eigenvalue weighted by atomic mass is 16.2. The van der Waals surface area contributed by atoms with Crippen molar-refractivity contribution in [3.8, 4) is 0 Å². The lowest BCUT2D eigenvalue weighted by Gasteiger charge is -2.32. The highest BCUT2D eigenvalue weighted by Gasteiger charge is 2.33. The molecule has 1 saturated heterocycles. The number of carbonyl (C=O) groups excluding carboxylic acids is 2. The summed E-state index contributed by atoms with van der Waals surface area (Å²) in [5, 5.41) is 0. The molecule has 2 aliphatic heterocycles. The highest BCUT2D eigenvalue weighted by molar-refractivity contribution is 6.00. The van der Waals surface area contributed by atoms with Gasteiger partial charge in [-0.25, -0.2) is 9.97 Å². The van der Waals surface area contributed by atoms with E-state index in [4.69, 9.17) is 9.97 Å². The Balaban J connectivity index is 1.45. The maximum absolute atomic E-state index is 12.7. The van der Waals surface area contributed by atoms with Crippen LogP contribution in [0.1, 0.15) is 61.7 Å². The van der Waals surface area contributed by atoms with Crippen LogP contribution in [-0.4, -0.2) is 46.3 Å². The SMILES string of the molecule is Cc1nc(C2CCN(C(=O)C(C)C)CC2)nc2c1CC(=O)N2CCCc1ccccc1. The first-order chi connectivity index (χ1) is 14.9. The average molecular weight is 421 g/mol. The molecule has 0 saturated carbocycles. The number of benzene rings is 1. The number of aromatic nitrogens is 2. The molecule has 6 nitrogen and oxygen atoms in total. The van der Waals surface area contributed by atoms with Gasteiger partial charge in [0.15, 0.2) is 0 Å². The van der Waals surface area contributed by atoms with E-state index in [0.29, 0.717) is 13.0 Å². The van der Waals surface area contributed by atoms with Gasteiger partial charge in [-0.3, -0.25) is 14.5 Å². The Hall–Kier alpha value is -2.76. The first kappa shape index (κ1) is 21.5. The summed E-state index contributed by atoms with van der Waals surface area (Å²) in [5.74, 6) is 2.25. The van der Waals surface area contributed by atoms with Crippen LogP contribution >= 0.6 is 0 Å². The zero-order valence-corrected chi connectivity index (χ0v) is 18.8. The van der Waals surface area contributed by atoms with Gasteiger partial charge in [0.2, 0.25) is 11.8 Å². The van der Waals surface area contributed by atoms with Crippen molar-refractivity contribution in [3.63, 3.8) is 0 Å². The zero-order chi connectivity index (χ0) is 22.0. The first-order valence-corrected chi connectivity index (χ1v) is 11.4. The molecule has 0 unspecified atom stereocenters. The maximum Gasteiger partial charge on any atom is 0.232 e. The minimum atomic E-state index is 0.0329. The first-order valence-electron chi connectivity index (χ1n) is 11.4. The van der Waals surface area contributed by atoms with E-state index in [2.05, 4.69) is 24.3 Å². The van der Waals surface area contributed by atoms with Crippen molar-refractivity contribution < 1.29 is 9.59 Å². The summed E-state index contributed by atoms with van der Waals surface area (Å²) < 4.78 is 0. The van der Waals surface area contributed by atoms with Crippen LogP contribution in [0.15, 0.2) is 30.3 Å². The molecule has 2 amide bonds. The maximum atomic E-state index is 12.7. The van der Waals surface area contributed by atoms with Crippen LogP contribution in [0.2, 0.25) is 0 Å². The molecule has 4 rings (SSSR count). The molecule has 0 spiro atoms. The fraction of sp³-hybridized carbons (Fsp3) is 0.520. The number of piperidine rings is 1. The minimum absolute atomic E-state index is 0.0329. The summed E-state index contributed by atoms with van der Waals surface area (Å²) in [6, 6.07) is 10.4. The van der Waals surface area contributed by atoms with E-state index in [-0.39, 0.29) is 23.7 Å². The molecule has 0 N–H and O–H groups in total. The topological polar surface area (TPSA) is 66.4 Å². The lowest BCUT2D eigenvalue weighted by atomic mass is 9.95. The van der Waals surface area contributed by atoms with Crippen LogP contribution in [0.25, 0.3) is 0 Å². The Bertz CT molecular complexity index is 949. The molecule has 6 heteroatoms. The molecular weight excluding hydrogens is 388 g/mol. The molecule has 3 heterocycles. The molecule has 2 aliphatic rings. The zero-order valence-electron chi connectivity index (χ0n) is 18.8. The summed E-state index contributed by atoms with van der Waals surface area (Å²) in [6.45, 7) is 8.07. The van der Waals surface area contributed by atoms with E-state index in [1.807, 2.05) is 36.6 Å². The Labute approximate surface area is 184 Å². The number of aryl methyl sites for hydroxylation is 2. The largest absolute Gasteiger partial charge is 0.342 e. The van der Waals surface area contributed by atoms with Gasteiger partial charge in [-0.05, 0) is 38.2 Å². The number of hydrogen-bond acceptors (Lipinski definition) is 4. The second-order valence-electron chi connectivity index (χ2n) is 9.03. The van der Waals surface area contributed by atoms with E-state index in [1.54, 1.807) is 0 Å². The smallest absolute Gasteiger partial charge is 0.232 e. The Morgan fingerprint density at radius 2 is 1.84 bits per heavy atom. The molecule has 31 heavy (non-hydrogen) atoms. The summed E-state index contributed by atoms with van der Waals surface area (Å²) in [7, 11) is 0. The number of amides is 2. The van der Waals surface area contributed by atoms with E-state index in [0.717, 1.165) is 61.7 Å². The van der Waals surface area contributed by atoms with Gasteiger partial charge in [0.1, 0.15) is 11.6 Å². The Morgan fingerprint density at radius 3 is 2.52 bits per heavy atom. The van der Waals surface area contributed by atoms with Gasteiger partial charge in [-0.1, -0.05) is 44.2 Å². The van der Waals surface area contributed by atoms with Crippen molar-refractivity contribution in [2.45, 2.75) is 58.8 Å². The van der Waals surface area contributed by atoms with Crippen molar-refractivity contribution in [2.75, 3.05) is 24.5 Å². The van der Waals surface area contributed by atoms with Gasteiger partial charge in [-0.15, -0.1) is 0 Å². The predicted molar refractivity (Wildman–Crippen MR) is 121 cm³/mol.